The largest absolute Gasteiger partial charge is 0.405 e. The molecule has 146 valence electrons. The van der Waals surface area contributed by atoms with Crippen molar-refractivity contribution in [2.24, 2.45) is 10.9 Å². The number of benzene rings is 1. The Morgan fingerprint density at radius 2 is 1.73 bits per heavy atom. The number of halogens is 8. The number of nitrogens with zero attached hydrogens (tertiary/aromatic N) is 1. The molecule has 2 nitrogen and oxygen atoms in total. The first-order valence-electron chi connectivity index (χ1n) is 7.52. The lowest BCUT2D eigenvalue weighted by Crippen LogP contribution is -2.40. The summed E-state index contributed by atoms with van der Waals surface area (Å²) < 4.78 is 74.6. The van der Waals surface area contributed by atoms with Crippen molar-refractivity contribution in [3.05, 3.63) is 22.2 Å². The van der Waals surface area contributed by atoms with Crippen LogP contribution in [0.2, 0.25) is 10.0 Å². The van der Waals surface area contributed by atoms with Crippen LogP contribution in [-0.4, -0.2) is 30.5 Å². The van der Waals surface area contributed by atoms with Crippen molar-refractivity contribution in [1.29, 1.82) is 0 Å². The first-order valence-corrected chi connectivity index (χ1v) is 9.26. The second-order valence-electron chi connectivity index (χ2n) is 5.73. The summed E-state index contributed by atoms with van der Waals surface area (Å²) in [5.41, 5.74) is 0.0808. The summed E-state index contributed by atoms with van der Waals surface area (Å²) in [4.78, 5) is 4.26. The van der Waals surface area contributed by atoms with E-state index in [0.717, 1.165) is 6.42 Å². The zero-order valence-corrected chi connectivity index (χ0v) is 15.5. The van der Waals surface area contributed by atoms with Crippen LogP contribution in [0.3, 0.4) is 0 Å². The minimum absolute atomic E-state index is 0.0247. The molecule has 0 saturated heterocycles. The summed E-state index contributed by atoms with van der Waals surface area (Å²) in [6.07, 6.45) is -6.56. The molecule has 1 aromatic rings. The van der Waals surface area contributed by atoms with Crippen LogP contribution < -0.4 is 5.32 Å². The molecule has 1 N–H and O–H groups in total. The molecule has 0 amide bonds. The highest BCUT2D eigenvalue weighted by molar-refractivity contribution is 7.99. The Morgan fingerprint density at radius 1 is 1.08 bits per heavy atom. The van der Waals surface area contributed by atoms with Gasteiger partial charge in [0, 0.05) is 10.8 Å². The van der Waals surface area contributed by atoms with Gasteiger partial charge < -0.3 is 5.32 Å². The molecule has 1 aliphatic carbocycles. The number of nitrogens with one attached hydrogen (secondary N) is 1. The maximum absolute atomic E-state index is 12.5. The smallest absolute Gasteiger partial charge is 0.364 e. The van der Waals surface area contributed by atoms with Crippen molar-refractivity contribution in [2.75, 3.05) is 12.3 Å². The highest BCUT2D eigenvalue weighted by atomic mass is 35.5. The van der Waals surface area contributed by atoms with Crippen LogP contribution in [0.25, 0.3) is 0 Å². The summed E-state index contributed by atoms with van der Waals surface area (Å²) in [5, 5.41) is 2.35. The molecule has 2 rings (SSSR count). The summed E-state index contributed by atoms with van der Waals surface area (Å²) in [6.45, 7) is -1.25. The zero-order chi connectivity index (χ0) is 19.5. The number of thioether (sulfide) groups is 1. The van der Waals surface area contributed by atoms with Crippen LogP contribution in [0.1, 0.15) is 19.3 Å². The molecule has 0 spiro atoms. The van der Waals surface area contributed by atoms with E-state index in [1.807, 2.05) is 0 Å². The Morgan fingerprint density at radius 3 is 2.23 bits per heavy atom. The van der Waals surface area contributed by atoms with Gasteiger partial charge in [0.25, 0.3) is 0 Å². The van der Waals surface area contributed by atoms with Gasteiger partial charge >= 0.3 is 12.4 Å². The topological polar surface area (TPSA) is 24.4 Å². The number of hydrogen-bond acceptors (Lipinski definition) is 2. The van der Waals surface area contributed by atoms with Gasteiger partial charge in [0.05, 0.1) is 21.5 Å². The Labute approximate surface area is 160 Å². The van der Waals surface area contributed by atoms with Gasteiger partial charge in [0.1, 0.15) is 12.4 Å². The molecule has 0 radical (unpaired) electrons. The van der Waals surface area contributed by atoms with E-state index < -0.39 is 24.7 Å². The van der Waals surface area contributed by atoms with Gasteiger partial charge in [-0.3, -0.25) is 0 Å². The predicted molar refractivity (Wildman–Crippen MR) is 91.7 cm³/mol. The third kappa shape index (κ3) is 6.74. The number of alkyl halides is 6. The summed E-state index contributed by atoms with van der Waals surface area (Å²) in [5.74, 6) is -1.18. The fourth-order valence-corrected chi connectivity index (χ4v) is 3.45. The molecule has 26 heavy (non-hydrogen) atoms. The lowest BCUT2D eigenvalue weighted by molar-refractivity contribution is -0.122. The maximum Gasteiger partial charge on any atom is 0.405 e. The molecular weight excluding hydrogens is 425 g/mol. The van der Waals surface area contributed by atoms with Crippen LogP contribution in [0, 0.1) is 5.92 Å². The van der Waals surface area contributed by atoms with Crippen molar-refractivity contribution in [3.8, 4) is 0 Å². The average molecular weight is 439 g/mol. The summed E-state index contributed by atoms with van der Waals surface area (Å²) >= 11 is 12.4. The normalized spacial score (nSPS) is 16.5. The molecule has 0 heterocycles. The number of aliphatic imine (C=N–C) groups is 1. The van der Waals surface area contributed by atoms with E-state index >= 15 is 0 Å². The van der Waals surface area contributed by atoms with Crippen molar-refractivity contribution >= 4 is 46.5 Å². The minimum atomic E-state index is -4.41. The maximum atomic E-state index is 12.5. The molecule has 1 aliphatic rings. The molecule has 0 atom stereocenters. The average Bonchev–Trinajstić information content (AvgIpc) is 2.42. The molecule has 1 saturated carbocycles. The lowest BCUT2D eigenvalue weighted by atomic mass is 9.84. The van der Waals surface area contributed by atoms with Crippen molar-refractivity contribution in [1.82, 2.24) is 5.32 Å². The van der Waals surface area contributed by atoms with Gasteiger partial charge in [-0.15, -0.1) is 11.8 Å². The molecule has 0 unspecified atom stereocenters. The van der Waals surface area contributed by atoms with E-state index in [0.29, 0.717) is 24.6 Å². The molecule has 11 heteroatoms. The van der Waals surface area contributed by atoms with Gasteiger partial charge in [-0.25, -0.2) is 4.99 Å². The monoisotopic (exact) mass is 438 g/mol. The lowest BCUT2D eigenvalue weighted by Gasteiger charge is -2.28. The summed E-state index contributed by atoms with van der Waals surface area (Å²) in [6, 6.07) is 2.50. The third-order valence-electron chi connectivity index (χ3n) is 3.60. The van der Waals surface area contributed by atoms with E-state index in [2.05, 4.69) is 10.3 Å². The Kier molecular flexibility index (Phi) is 7.01. The first-order chi connectivity index (χ1) is 11.9. The van der Waals surface area contributed by atoms with E-state index in [4.69, 9.17) is 23.2 Å². The SMILES string of the molecule is FC(F)(F)CN/C(=N\c1cc(SCC(F)(F)F)c(Cl)cc1Cl)C1CCC1. The Bertz CT molecular complexity index is 671. The predicted octanol–water partition coefficient (Wildman–Crippen LogP) is 6.63. The third-order valence-corrected chi connectivity index (χ3v) is 5.44. The molecule has 0 bridgehead atoms. The quantitative estimate of drug-likeness (QED) is 0.241. The van der Waals surface area contributed by atoms with Gasteiger partial charge in [-0.2, -0.15) is 26.3 Å². The van der Waals surface area contributed by atoms with Crippen molar-refractivity contribution in [2.45, 2.75) is 36.5 Å². The second-order valence-corrected chi connectivity index (χ2v) is 7.56. The standard InChI is InChI=1S/C15H14Cl2F6N2S/c16-9-4-10(17)12(26-7-15(21,22)23)5-11(9)25-13(8-2-1-3-8)24-6-14(18,19)20/h4-5,8H,1-3,6-7H2,(H,24,25). The van der Waals surface area contributed by atoms with Gasteiger partial charge in [-0.05, 0) is 25.0 Å². The first kappa shape index (κ1) is 21.5. The van der Waals surface area contributed by atoms with Crippen LogP contribution in [0.5, 0.6) is 0 Å². The fourth-order valence-electron chi connectivity index (χ4n) is 2.15. The number of amidine groups is 1. The van der Waals surface area contributed by atoms with Crippen molar-refractivity contribution in [3.63, 3.8) is 0 Å². The van der Waals surface area contributed by atoms with E-state index in [9.17, 15) is 26.3 Å². The highest BCUT2D eigenvalue weighted by Crippen LogP contribution is 2.39. The van der Waals surface area contributed by atoms with Gasteiger partial charge in [0.2, 0.25) is 0 Å². The van der Waals surface area contributed by atoms with Crippen LogP contribution >= 0.6 is 35.0 Å². The zero-order valence-electron chi connectivity index (χ0n) is 13.1. The van der Waals surface area contributed by atoms with Crippen LogP contribution in [0.15, 0.2) is 22.0 Å². The Hall–Kier alpha value is -0.800. The van der Waals surface area contributed by atoms with Crippen LogP contribution in [-0.2, 0) is 0 Å². The van der Waals surface area contributed by atoms with Gasteiger partial charge in [0.15, 0.2) is 0 Å². The van der Waals surface area contributed by atoms with E-state index in [1.165, 1.54) is 12.1 Å². The second kappa shape index (κ2) is 8.48. The Balaban J connectivity index is 2.26. The van der Waals surface area contributed by atoms with E-state index in [-0.39, 0.29) is 32.4 Å². The molecule has 1 aromatic carbocycles. The minimum Gasteiger partial charge on any atom is -0.364 e. The van der Waals surface area contributed by atoms with Gasteiger partial charge in [-0.1, -0.05) is 29.6 Å². The molecular formula is C15H14Cl2F6N2S. The van der Waals surface area contributed by atoms with E-state index in [1.54, 1.807) is 0 Å². The molecule has 0 aromatic heterocycles. The van der Waals surface area contributed by atoms with Crippen molar-refractivity contribution < 1.29 is 26.3 Å². The molecule has 1 fully saturated rings. The van der Waals surface area contributed by atoms with Crippen LogP contribution in [0.4, 0.5) is 32.0 Å². The number of rotatable bonds is 5. The molecule has 0 aliphatic heterocycles. The summed E-state index contributed by atoms with van der Waals surface area (Å²) in [7, 11) is 0. The number of hydrogen-bond donors (Lipinski definition) is 1. The highest BCUT2D eigenvalue weighted by Gasteiger charge is 2.31. The fraction of sp³-hybridized carbons (Fsp3) is 0.533.